The highest BCUT2D eigenvalue weighted by Crippen LogP contribution is 2.24. The van der Waals surface area contributed by atoms with Crippen molar-refractivity contribution in [2.75, 3.05) is 12.3 Å². The normalized spacial score (nSPS) is 28.1. The van der Waals surface area contributed by atoms with Gasteiger partial charge in [-0.25, -0.2) is 0 Å². The smallest absolute Gasteiger partial charge is 0.233 e. The number of carbonyl (C=O) groups excluding carboxylic acids is 2. The second-order valence-electron chi connectivity index (χ2n) is 3.52. The van der Waals surface area contributed by atoms with Crippen molar-refractivity contribution < 1.29 is 9.59 Å². The number of amides is 2. The number of rotatable bonds is 3. The lowest BCUT2D eigenvalue weighted by atomic mass is 10.00. The molecule has 0 aromatic carbocycles. The van der Waals surface area contributed by atoms with Crippen LogP contribution in [0.4, 0.5) is 0 Å². The summed E-state index contributed by atoms with van der Waals surface area (Å²) in [6.07, 6.45) is 3.63. The second-order valence-corrected chi connectivity index (χ2v) is 3.88. The molecule has 2 unspecified atom stereocenters. The van der Waals surface area contributed by atoms with E-state index in [2.05, 4.69) is 12.6 Å². The van der Waals surface area contributed by atoms with Gasteiger partial charge >= 0.3 is 0 Å². The maximum absolute atomic E-state index is 11.6. The Bertz CT molecular complexity index is 255. The molecule has 3 nitrogen and oxygen atoms in total. The van der Waals surface area contributed by atoms with Crippen molar-refractivity contribution in [2.24, 2.45) is 11.8 Å². The molecule has 2 amide bonds. The van der Waals surface area contributed by atoms with E-state index in [1.807, 2.05) is 6.08 Å². The van der Waals surface area contributed by atoms with Crippen LogP contribution in [0.15, 0.2) is 12.2 Å². The Morgan fingerprint density at radius 1 is 1.21 bits per heavy atom. The van der Waals surface area contributed by atoms with E-state index in [-0.39, 0.29) is 23.7 Å². The van der Waals surface area contributed by atoms with Crippen LogP contribution in [0.1, 0.15) is 13.8 Å². The molecule has 1 aliphatic rings. The molecular formula is C10H15NO2S. The standard InChI is InChI=1S/C10H15NO2S/c1-7-8(2)10(13)11(9(7)12)5-3-4-6-14/h3-4,7-8,14H,5-6H2,1-2H3/b4-3+. The van der Waals surface area contributed by atoms with Gasteiger partial charge in [0, 0.05) is 24.1 Å². The molecule has 1 aliphatic heterocycles. The van der Waals surface area contributed by atoms with Gasteiger partial charge in [-0.2, -0.15) is 12.6 Å². The lowest BCUT2D eigenvalue weighted by Gasteiger charge is -2.10. The molecule has 0 spiro atoms. The Kier molecular flexibility index (Phi) is 3.75. The summed E-state index contributed by atoms with van der Waals surface area (Å²) in [6, 6.07) is 0. The van der Waals surface area contributed by atoms with Crippen molar-refractivity contribution in [2.45, 2.75) is 13.8 Å². The fourth-order valence-electron chi connectivity index (χ4n) is 1.46. The maximum atomic E-state index is 11.6. The first-order valence-electron chi connectivity index (χ1n) is 4.70. The quantitative estimate of drug-likeness (QED) is 0.433. The predicted molar refractivity (Wildman–Crippen MR) is 58.0 cm³/mol. The molecule has 1 heterocycles. The van der Waals surface area contributed by atoms with Gasteiger partial charge in [-0.3, -0.25) is 14.5 Å². The minimum absolute atomic E-state index is 0.0636. The number of hydrogen-bond donors (Lipinski definition) is 1. The molecule has 14 heavy (non-hydrogen) atoms. The first kappa shape index (κ1) is 11.3. The largest absolute Gasteiger partial charge is 0.278 e. The average Bonchev–Trinajstić information content (AvgIpc) is 2.35. The van der Waals surface area contributed by atoms with Gasteiger partial charge in [0.2, 0.25) is 11.8 Å². The molecule has 0 bridgehead atoms. The minimum atomic E-state index is -0.174. The van der Waals surface area contributed by atoms with Crippen LogP contribution < -0.4 is 0 Å². The third kappa shape index (κ3) is 2.00. The Morgan fingerprint density at radius 2 is 1.71 bits per heavy atom. The van der Waals surface area contributed by atoms with Crippen molar-refractivity contribution in [3.8, 4) is 0 Å². The van der Waals surface area contributed by atoms with E-state index < -0.39 is 0 Å². The van der Waals surface area contributed by atoms with Crippen LogP contribution in [0.5, 0.6) is 0 Å². The molecule has 2 atom stereocenters. The molecular weight excluding hydrogens is 198 g/mol. The van der Waals surface area contributed by atoms with E-state index in [1.54, 1.807) is 19.9 Å². The van der Waals surface area contributed by atoms with Gasteiger partial charge in [0.15, 0.2) is 0 Å². The Hall–Kier alpha value is -0.770. The van der Waals surface area contributed by atoms with Crippen LogP contribution in [0.2, 0.25) is 0 Å². The zero-order valence-corrected chi connectivity index (χ0v) is 9.33. The number of carbonyl (C=O) groups is 2. The summed E-state index contributed by atoms with van der Waals surface area (Å²) in [4.78, 5) is 24.5. The highest BCUT2D eigenvalue weighted by atomic mass is 32.1. The number of likely N-dealkylation sites (tertiary alicyclic amines) is 1. The topological polar surface area (TPSA) is 37.4 Å². The zero-order valence-electron chi connectivity index (χ0n) is 8.43. The molecule has 1 rings (SSSR count). The van der Waals surface area contributed by atoms with Crippen LogP contribution in [0.3, 0.4) is 0 Å². The molecule has 0 saturated carbocycles. The van der Waals surface area contributed by atoms with E-state index in [0.29, 0.717) is 12.3 Å². The van der Waals surface area contributed by atoms with Crippen molar-refractivity contribution in [1.29, 1.82) is 0 Å². The predicted octanol–water partition coefficient (Wildman–Crippen LogP) is 1.11. The van der Waals surface area contributed by atoms with Crippen LogP contribution >= 0.6 is 12.6 Å². The Morgan fingerprint density at radius 3 is 2.14 bits per heavy atom. The lowest BCUT2D eigenvalue weighted by molar-refractivity contribution is -0.139. The van der Waals surface area contributed by atoms with Crippen molar-refractivity contribution in [3.63, 3.8) is 0 Å². The molecule has 1 fully saturated rings. The number of thiol groups is 1. The van der Waals surface area contributed by atoms with Crippen LogP contribution in [0.25, 0.3) is 0 Å². The summed E-state index contributed by atoms with van der Waals surface area (Å²) in [7, 11) is 0. The summed E-state index contributed by atoms with van der Waals surface area (Å²) < 4.78 is 0. The van der Waals surface area contributed by atoms with Crippen molar-refractivity contribution in [1.82, 2.24) is 4.90 Å². The molecule has 1 saturated heterocycles. The van der Waals surface area contributed by atoms with E-state index in [9.17, 15) is 9.59 Å². The summed E-state index contributed by atoms with van der Waals surface area (Å²) in [6.45, 7) is 3.98. The van der Waals surface area contributed by atoms with Crippen molar-refractivity contribution in [3.05, 3.63) is 12.2 Å². The molecule has 0 N–H and O–H groups in total. The highest BCUT2D eigenvalue weighted by Gasteiger charge is 2.41. The maximum Gasteiger partial charge on any atom is 0.233 e. The lowest BCUT2D eigenvalue weighted by Crippen LogP contribution is -2.30. The summed E-state index contributed by atoms with van der Waals surface area (Å²) in [5.41, 5.74) is 0. The SMILES string of the molecule is CC1C(=O)N(C/C=C/CS)C(=O)C1C. The molecule has 0 aliphatic carbocycles. The van der Waals surface area contributed by atoms with Crippen LogP contribution in [-0.2, 0) is 9.59 Å². The zero-order chi connectivity index (χ0) is 10.7. The number of imide groups is 1. The minimum Gasteiger partial charge on any atom is -0.278 e. The number of hydrogen-bond acceptors (Lipinski definition) is 3. The van der Waals surface area contributed by atoms with Gasteiger partial charge < -0.3 is 0 Å². The molecule has 78 valence electrons. The number of nitrogens with zero attached hydrogens (tertiary/aromatic N) is 1. The van der Waals surface area contributed by atoms with E-state index in [0.717, 1.165) is 0 Å². The molecule has 4 heteroatoms. The van der Waals surface area contributed by atoms with Gasteiger partial charge in [-0.15, -0.1) is 0 Å². The van der Waals surface area contributed by atoms with Crippen molar-refractivity contribution >= 4 is 24.4 Å². The van der Waals surface area contributed by atoms with Gasteiger partial charge in [-0.1, -0.05) is 26.0 Å². The first-order valence-corrected chi connectivity index (χ1v) is 5.34. The summed E-state index contributed by atoms with van der Waals surface area (Å²) in [5.74, 6) is 0.151. The summed E-state index contributed by atoms with van der Waals surface area (Å²) in [5, 5.41) is 0. The molecule has 0 aromatic rings. The monoisotopic (exact) mass is 213 g/mol. The fraction of sp³-hybridized carbons (Fsp3) is 0.600. The van der Waals surface area contributed by atoms with Gasteiger partial charge in [0.1, 0.15) is 0 Å². The fourth-order valence-corrected chi connectivity index (χ4v) is 1.61. The second kappa shape index (κ2) is 4.64. The Labute approximate surface area is 89.6 Å². The third-order valence-electron chi connectivity index (χ3n) is 2.62. The average molecular weight is 213 g/mol. The molecule has 0 aromatic heterocycles. The first-order chi connectivity index (χ1) is 6.59. The third-order valence-corrected chi connectivity index (χ3v) is 2.83. The van der Waals surface area contributed by atoms with E-state index in [4.69, 9.17) is 0 Å². The summed E-state index contributed by atoms with van der Waals surface area (Å²) >= 11 is 4.00. The van der Waals surface area contributed by atoms with Gasteiger partial charge in [0.25, 0.3) is 0 Å². The van der Waals surface area contributed by atoms with Gasteiger partial charge in [0.05, 0.1) is 0 Å². The highest BCUT2D eigenvalue weighted by molar-refractivity contribution is 7.80. The van der Waals surface area contributed by atoms with Gasteiger partial charge in [-0.05, 0) is 0 Å². The Balaban J connectivity index is 2.66. The van der Waals surface area contributed by atoms with Crippen LogP contribution in [-0.4, -0.2) is 29.0 Å². The van der Waals surface area contributed by atoms with E-state index in [1.165, 1.54) is 4.90 Å². The molecule has 0 radical (unpaired) electrons. The van der Waals surface area contributed by atoms with E-state index >= 15 is 0 Å². The van der Waals surface area contributed by atoms with Crippen LogP contribution in [0, 0.1) is 11.8 Å².